The summed E-state index contributed by atoms with van der Waals surface area (Å²) < 4.78 is 8.89. The maximum atomic E-state index is 12.3. The molecule has 2 aromatic carbocycles. The lowest BCUT2D eigenvalue weighted by molar-refractivity contribution is -0.113. The maximum absolute atomic E-state index is 12.3. The highest BCUT2D eigenvalue weighted by atomic mass is 79.9. The minimum absolute atomic E-state index is 0.175. The van der Waals surface area contributed by atoms with Crippen LogP contribution in [0.3, 0.4) is 0 Å². The molecule has 0 aliphatic heterocycles. The van der Waals surface area contributed by atoms with Crippen LogP contribution < -0.4 is 10.1 Å². The van der Waals surface area contributed by atoms with Gasteiger partial charge in [0, 0.05) is 23.1 Å². The number of anilines is 1. The van der Waals surface area contributed by atoms with Crippen molar-refractivity contribution in [2.75, 3.05) is 17.7 Å². The molecule has 3 aromatic rings. The van der Waals surface area contributed by atoms with E-state index in [-0.39, 0.29) is 11.7 Å². The summed E-state index contributed by atoms with van der Waals surface area (Å²) in [6.07, 6.45) is 3.27. The molecule has 33 heavy (non-hydrogen) atoms. The minimum atomic E-state index is -0.175. The van der Waals surface area contributed by atoms with Crippen molar-refractivity contribution in [1.82, 2.24) is 14.8 Å². The monoisotopic (exact) mass is 568 g/mol. The Morgan fingerprint density at radius 1 is 1.24 bits per heavy atom. The van der Waals surface area contributed by atoms with Crippen molar-refractivity contribution in [1.29, 1.82) is 0 Å². The summed E-state index contributed by atoms with van der Waals surface area (Å²) in [5.41, 5.74) is 1.67. The number of hydrogen-bond acceptors (Lipinski definition) is 5. The molecule has 0 radical (unpaired) electrons. The van der Waals surface area contributed by atoms with Crippen LogP contribution >= 0.6 is 50.9 Å². The van der Waals surface area contributed by atoms with E-state index >= 15 is 0 Å². The molecule has 1 amide bonds. The molecule has 0 spiro atoms. The summed E-state index contributed by atoms with van der Waals surface area (Å²) in [4.78, 5) is 12.3. The summed E-state index contributed by atoms with van der Waals surface area (Å²) in [5, 5.41) is 12.9. The van der Waals surface area contributed by atoms with Crippen molar-refractivity contribution in [3.05, 3.63) is 75.0 Å². The van der Waals surface area contributed by atoms with Gasteiger partial charge in [-0.15, -0.1) is 16.8 Å². The molecule has 0 bridgehead atoms. The van der Waals surface area contributed by atoms with Gasteiger partial charge in [0.1, 0.15) is 11.6 Å². The topological polar surface area (TPSA) is 69.0 Å². The number of carbonyl (C=O) groups is 1. The van der Waals surface area contributed by atoms with E-state index < -0.39 is 0 Å². The first-order valence-electron chi connectivity index (χ1n) is 10.2. The molecule has 0 atom stereocenters. The number of ether oxygens (including phenoxy) is 1. The Labute approximate surface area is 215 Å². The Balaban J connectivity index is 1.53. The number of allylic oxidation sites excluding steroid dienone is 1. The average molecular weight is 570 g/mol. The number of amides is 1. The van der Waals surface area contributed by atoms with E-state index in [1.54, 1.807) is 24.3 Å². The van der Waals surface area contributed by atoms with Crippen LogP contribution in [0.2, 0.25) is 10.0 Å². The van der Waals surface area contributed by atoms with Crippen LogP contribution in [0.15, 0.2) is 58.7 Å². The fourth-order valence-electron chi connectivity index (χ4n) is 3.01. The predicted molar refractivity (Wildman–Crippen MR) is 139 cm³/mol. The number of carbonyl (C=O) groups excluding carboxylic acids is 1. The van der Waals surface area contributed by atoms with Crippen molar-refractivity contribution >= 4 is 62.5 Å². The van der Waals surface area contributed by atoms with E-state index in [1.165, 1.54) is 11.8 Å². The van der Waals surface area contributed by atoms with Crippen molar-refractivity contribution in [2.45, 2.75) is 31.5 Å². The van der Waals surface area contributed by atoms with Gasteiger partial charge in [-0.1, -0.05) is 57.0 Å². The van der Waals surface area contributed by atoms with Crippen LogP contribution in [0, 0.1) is 6.92 Å². The van der Waals surface area contributed by atoms with Crippen LogP contribution in [0.1, 0.15) is 17.8 Å². The van der Waals surface area contributed by atoms with Crippen molar-refractivity contribution in [3.63, 3.8) is 0 Å². The summed E-state index contributed by atoms with van der Waals surface area (Å²) in [6, 6.07) is 10.9. The number of aryl methyl sites for hydroxylation is 2. The molecular formula is C23H23BrCl2N4O2S. The zero-order valence-electron chi connectivity index (χ0n) is 18.0. The quantitative estimate of drug-likeness (QED) is 0.160. The zero-order chi connectivity index (χ0) is 23.8. The summed E-state index contributed by atoms with van der Waals surface area (Å²) in [5.74, 6) is 1.71. The van der Waals surface area contributed by atoms with E-state index in [0.717, 1.165) is 28.0 Å². The van der Waals surface area contributed by atoms with Crippen LogP contribution in [0.25, 0.3) is 0 Å². The number of benzene rings is 2. The first-order chi connectivity index (χ1) is 15.9. The number of thioether (sulfide) groups is 1. The van der Waals surface area contributed by atoms with Gasteiger partial charge in [-0.2, -0.15) is 0 Å². The molecule has 1 aromatic heterocycles. The molecule has 0 fully saturated rings. The normalized spacial score (nSPS) is 10.8. The lowest BCUT2D eigenvalue weighted by Crippen LogP contribution is -2.15. The smallest absolute Gasteiger partial charge is 0.234 e. The highest BCUT2D eigenvalue weighted by Crippen LogP contribution is 2.26. The van der Waals surface area contributed by atoms with Crippen molar-refractivity contribution < 1.29 is 9.53 Å². The van der Waals surface area contributed by atoms with E-state index in [1.807, 2.05) is 29.7 Å². The lowest BCUT2D eigenvalue weighted by Gasteiger charge is -2.10. The number of rotatable bonds is 11. The van der Waals surface area contributed by atoms with Gasteiger partial charge in [-0.3, -0.25) is 4.79 Å². The Bertz CT molecular complexity index is 1140. The largest absolute Gasteiger partial charge is 0.493 e. The highest BCUT2D eigenvalue weighted by molar-refractivity contribution is 9.10. The number of aromatic nitrogens is 3. The lowest BCUT2D eigenvalue weighted by atomic mass is 10.2. The molecule has 6 nitrogen and oxygen atoms in total. The standard InChI is InChI=1S/C23H23BrCl2N4O2S/c1-3-10-30-21(5-4-11-32-20-9-6-16(24)12-15(20)2)28-29-23(30)33-14-22(31)27-17-7-8-18(25)19(26)13-17/h3,6-9,12-13H,1,4-5,10-11,14H2,2H3,(H,27,31). The van der Waals surface area contributed by atoms with Gasteiger partial charge in [-0.25, -0.2) is 0 Å². The van der Waals surface area contributed by atoms with E-state index in [0.29, 0.717) is 40.5 Å². The highest BCUT2D eigenvalue weighted by Gasteiger charge is 2.14. The number of halogens is 3. The van der Waals surface area contributed by atoms with Gasteiger partial charge in [0.2, 0.25) is 5.91 Å². The Morgan fingerprint density at radius 2 is 2.06 bits per heavy atom. The third-order valence-corrected chi connectivity index (χ3v) is 6.78. The molecule has 1 heterocycles. The van der Waals surface area contributed by atoms with Crippen LogP contribution in [-0.2, 0) is 17.8 Å². The number of nitrogens with zero attached hydrogens (tertiary/aromatic N) is 3. The van der Waals surface area contributed by atoms with Crippen molar-refractivity contribution in [3.8, 4) is 5.75 Å². The molecule has 0 saturated heterocycles. The Hall–Kier alpha value is -2.00. The average Bonchev–Trinajstić information content (AvgIpc) is 3.15. The van der Waals surface area contributed by atoms with Gasteiger partial charge in [0.15, 0.2) is 5.16 Å². The zero-order valence-corrected chi connectivity index (χ0v) is 21.9. The van der Waals surface area contributed by atoms with Crippen molar-refractivity contribution in [2.24, 2.45) is 0 Å². The second kappa shape index (κ2) is 12.5. The molecular weight excluding hydrogens is 547 g/mol. The molecule has 0 aliphatic carbocycles. The summed E-state index contributed by atoms with van der Waals surface area (Å²) in [7, 11) is 0. The number of nitrogens with one attached hydrogen (secondary N) is 1. The van der Waals surface area contributed by atoms with Gasteiger partial charge in [0.25, 0.3) is 0 Å². The van der Waals surface area contributed by atoms with Crippen LogP contribution in [0.5, 0.6) is 5.75 Å². The first kappa shape index (κ1) is 25.6. The molecule has 10 heteroatoms. The maximum Gasteiger partial charge on any atom is 0.234 e. The van der Waals surface area contributed by atoms with Gasteiger partial charge in [0.05, 0.1) is 22.4 Å². The van der Waals surface area contributed by atoms with Crippen LogP contribution in [0.4, 0.5) is 5.69 Å². The Kier molecular flexibility index (Phi) is 9.67. The van der Waals surface area contributed by atoms with Gasteiger partial charge >= 0.3 is 0 Å². The summed E-state index contributed by atoms with van der Waals surface area (Å²) >= 11 is 16.7. The third kappa shape index (κ3) is 7.50. The van der Waals surface area contributed by atoms with Gasteiger partial charge < -0.3 is 14.6 Å². The molecule has 0 unspecified atom stereocenters. The first-order valence-corrected chi connectivity index (χ1v) is 12.7. The SMILES string of the molecule is C=CCn1c(CCCOc2ccc(Br)cc2C)nnc1SCC(=O)Nc1ccc(Cl)c(Cl)c1. The predicted octanol–water partition coefficient (Wildman–Crippen LogP) is 6.58. The minimum Gasteiger partial charge on any atom is -0.493 e. The number of hydrogen-bond donors (Lipinski definition) is 1. The third-order valence-electron chi connectivity index (χ3n) is 4.58. The van der Waals surface area contributed by atoms with E-state index in [9.17, 15) is 4.79 Å². The fourth-order valence-corrected chi connectivity index (χ4v) is 4.55. The second-order valence-corrected chi connectivity index (χ2v) is 9.80. The molecule has 0 aliphatic rings. The van der Waals surface area contributed by atoms with E-state index in [2.05, 4.69) is 38.0 Å². The Morgan fingerprint density at radius 3 is 2.79 bits per heavy atom. The molecule has 3 rings (SSSR count). The summed E-state index contributed by atoms with van der Waals surface area (Å²) in [6.45, 7) is 6.96. The molecule has 0 saturated carbocycles. The molecule has 1 N–H and O–H groups in total. The molecule has 174 valence electrons. The van der Waals surface area contributed by atoms with E-state index in [4.69, 9.17) is 27.9 Å². The fraction of sp³-hybridized carbons (Fsp3) is 0.261. The van der Waals surface area contributed by atoms with Gasteiger partial charge in [-0.05, 0) is 55.3 Å². The van der Waals surface area contributed by atoms with Crippen LogP contribution in [-0.4, -0.2) is 33.0 Å². The second-order valence-electron chi connectivity index (χ2n) is 7.13.